The molecule has 0 atom stereocenters. The van der Waals surface area contributed by atoms with Gasteiger partial charge in [-0.2, -0.15) is 0 Å². The van der Waals surface area contributed by atoms with E-state index in [0.29, 0.717) is 24.7 Å². The molecule has 6 nitrogen and oxygen atoms in total. The Morgan fingerprint density at radius 1 is 1.04 bits per heavy atom. The molecule has 0 bridgehead atoms. The van der Waals surface area contributed by atoms with E-state index >= 15 is 0 Å². The number of halogens is 1. The minimum atomic E-state index is -0.336. The molecule has 1 fully saturated rings. The third kappa shape index (κ3) is 3.36. The second kappa shape index (κ2) is 6.98. The van der Waals surface area contributed by atoms with Gasteiger partial charge in [0.2, 0.25) is 0 Å². The van der Waals surface area contributed by atoms with Crippen LogP contribution in [0.15, 0.2) is 42.6 Å². The highest BCUT2D eigenvalue weighted by molar-refractivity contribution is 5.80. The van der Waals surface area contributed by atoms with Gasteiger partial charge in [0.1, 0.15) is 5.82 Å². The minimum absolute atomic E-state index is 0.247. The molecular weight excluding hydrogens is 321 g/mol. The monoisotopic (exact) mass is 339 g/mol. The molecule has 0 amide bonds. The second-order valence-corrected chi connectivity index (χ2v) is 5.77. The van der Waals surface area contributed by atoms with Crippen molar-refractivity contribution in [3.8, 4) is 0 Å². The van der Waals surface area contributed by atoms with Gasteiger partial charge in [0.25, 0.3) is 0 Å². The fraction of sp³-hybridized carbons (Fsp3) is 0.278. The summed E-state index contributed by atoms with van der Waals surface area (Å²) < 4.78 is 19.3. The average Bonchev–Trinajstić information content (AvgIpc) is 2.67. The van der Waals surface area contributed by atoms with E-state index in [1.165, 1.54) is 6.07 Å². The number of para-hydroxylation sites is 2. The van der Waals surface area contributed by atoms with Crippen molar-refractivity contribution in [1.29, 1.82) is 0 Å². The maximum Gasteiger partial charge on any atom is 0.172 e. The van der Waals surface area contributed by atoms with Crippen LogP contribution in [0.4, 0.5) is 16.0 Å². The Balaban J connectivity index is 1.68. The first-order chi connectivity index (χ1) is 12.3. The summed E-state index contributed by atoms with van der Waals surface area (Å²) in [5, 5.41) is 3.20. The molecule has 1 saturated heterocycles. The molecule has 1 N–H and O–H groups in total. The zero-order valence-electron chi connectivity index (χ0n) is 13.7. The average molecular weight is 339 g/mol. The lowest BCUT2D eigenvalue weighted by molar-refractivity contribution is 0.122. The largest absolute Gasteiger partial charge is 0.378 e. The smallest absolute Gasteiger partial charge is 0.172 e. The van der Waals surface area contributed by atoms with Crippen molar-refractivity contribution in [3.05, 3.63) is 54.1 Å². The van der Waals surface area contributed by atoms with Crippen LogP contribution in [0.5, 0.6) is 0 Å². The van der Waals surface area contributed by atoms with Crippen LogP contribution >= 0.6 is 0 Å². The zero-order valence-corrected chi connectivity index (χ0v) is 13.7. The van der Waals surface area contributed by atoms with Crippen molar-refractivity contribution >= 4 is 22.7 Å². The molecule has 25 heavy (non-hydrogen) atoms. The summed E-state index contributed by atoms with van der Waals surface area (Å²) in [6.45, 7) is 3.06. The molecule has 0 unspecified atom stereocenters. The molecule has 1 aliphatic heterocycles. The minimum Gasteiger partial charge on any atom is -0.378 e. The number of morpholine rings is 1. The standard InChI is InChI=1S/C18H18FN5O/c19-13-4-3-7-20-16(13)12-21-17-18(24-8-10-25-11-9-24)23-15-6-2-1-5-14(15)22-17/h1-7H,8-12H2,(H,21,22). The van der Waals surface area contributed by atoms with Gasteiger partial charge in [-0.25, -0.2) is 14.4 Å². The summed E-state index contributed by atoms with van der Waals surface area (Å²) >= 11 is 0. The number of pyridine rings is 1. The van der Waals surface area contributed by atoms with Crippen molar-refractivity contribution in [2.24, 2.45) is 0 Å². The molecule has 1 aliphatic rings. The SMILES string of the molecule is Fc1cccnc1CNc1nc2ccccc2nc1N1CCOCC1. The van der Waals surface area contributed by atoms with Crippen LogP contribution in [0.2, 0.25) is 0 Å². The molecule has 4 rings (SSSR count). The number of aromatic nitrogens is 3. The Hall–Kier alpha value is -2.80. The normalized spacial score (nSPS) is 14.7. The van der Waals surface area contributed by atoms with Crippen LogP contribution < -0.4 is 10.2 Å². The number of benzene rings is 1. The Morgan fingerprint density at radius 3 is 2.56 bits per heavy atom. The van der Waals surface area contributed by atoms with Gasteiger partial charge in [-0.15, -0.1) is 0 Å². The summed E-state index contributed by atoms with van der Waals surface area (Å²) in [7, 11) is 0. The number of fused-ring (bicyclic) bond motifs is 1. The summed E-state index contributed by atoms with van der Waals surface area (Å²) in [4.78, 5) is 15.7. The van der Waals surface area contributed by atoms with Crippen molar-refractivity contribution in [3.63, 3.8) is 0 Å². The van der Waals surface area contributed by atoms with E-state index in [1.807, 2.05) is 24.3 Å². The molecule has 0 aliphatic carbocycles. The van der Waals surface area contributed by atoms with E-state index in [4.69, 9.17) is 9.72 Å². The maximum atomic E-state index is 13.8. The van der Waals surface area contributed by atoms with Gasteiger partial charge >= 0.3 is 0 Å². The van der Waals surface area contributed by atoms with Crippen molar-refractivity contribution in [1.82, 2.24) is 15.0 Å². The van der Waals surface area contributed by atoms with Crippen LogP contribution in [-0.4, -0.2) is 41.3 Å². The lowest BCUT2D eigenvalue weighted by atomic mass is 10.3. The Morgan fingerprint density at radius 2 is 1.80 bits per heavy atom. The number of hydrogen-bond donors (Lipinski definition) is 1. The third-order valence-corrected chi connectivity index (χ3v) is 4.12. The van der Waals surface area contributed by atoms with Gasteiger partial charge in [0, 0.05) is 19.3 Å². The summed E-state index contributed by atoms with van der Waals surface area (Å²) in [6.07, 6.45) is 1.58. The molecule has 0 spiro atoms. The van der Waals surface area contributed by atoms with Crippen LogP contribution in [0.1, 0.15) is 5.69 Å². The maximum absolute atomic E-state index is 13.8. The number of rotatable bonds is 4. The molecule has 128 valence electrons. The number of ether oxygens (including phenoxy) is 1. The summed E-state index contributed by atoms with van der Waals surface area (Å²) in [5.41, 5.74) is 1.98. The summed E-state index contributed by atoms with van der Waals surface area (Å²) in [5.74, 6) is 1.06. The number of nitrogens with one attached hydrogen (secondary N) is 1. The quantitative estimate of drug-likeness (QED) is 0.788. The van der Waals surface area contributed by atoms with Crippen molar-refractivity contribution in [2.45, 2.75) is 6.54 Å². The second-order valence-electron chi connectivity index (χ2n) is 5.77. The van der Waals surface area contributed by atoms with E-state index in [-0.39, 0.29) is 12.4 Å². The van der Waals surface area contributed by atoms with Crippen LogP contribution in [0.3, 0.4) is 0 Å². The van der Waals surface area contributed by atoms with Gasteiger partial charge in [0.05, 0.1) is 36.5 Å². The highest BCUT2D eigenvalue weighted by Gasteiger charge is 2.19. The van der Waals surface area contributed by atoms with E-state index in [1.54, 1.807) is 12.3 Å². The Bertz CT molecular complexity index is 882. The van der Waals surface area contributed by atoms with E-state index in [9.17, 15) is 4.39 Å². The Labute approximate surface area is 144 Å². The molecule has 3 heterocycles. The zero-order chi connectivity index (χ0) is 17.1. The Kier molecular flexibility index (Phi) is 4.39. The topological polar surface area (TPSA) is 63.2 Å². The van der Waals surface area contributed by atoms with Crippen molar-refractivity contribution in [2.75, 3.05) is 36.5 Å². The van der Waals surface area contributed by atoms with Gasteiger partial charge in [-0.3, -0.25) is 4.98 Å². The molecule has 2 aromatic heterocycles. The van der Waals surface area contributed by atoms with E-state index in [0.717, 1.165) is 29.9 Å². The third-order valence-electron chi connectivity index (χ3n) is 4.12. The van der Waals surface area contributed by atoms with Crippen LogP contribution in [0.25, 0.3) is 11.0 Å². The lowest BCUT2D eigenvalue weighted by Crippen LogP contribution is -2.37. The van der Waals surface area contributed by atoms with Crippen molar-refractivity contribution < 1.29 is 9.13 Å². The first-order valence-corrected chi connectivity index (χ1v) is 8.24. The molecule has 3 aromatic rings. The fourth-order valence-electron chi connectivity index (χ4n) is 2.82. The molecule has 0 radical (unpaired) electrons. The highest BCUT2D eigenvalue weighted by Crippen LogP contribution is 2.26. The highest BCUT2D eigenvalue weighted by atomic mass is 19.1. The summed E-state index contributed by atoms with van der Waals surface area (Å²) in [6, 6.07) is 10.7. The van der Waals surface area contributed by atoms with E-state index in [2.05, 4.69) is 20.2 Å². The molecule has 7 heteroatoms. The predicted octanol–water partition coefficient (Wildman–Crippen LogP) is 2.61. The number of anilines is 2. The first kappa shape index (κ1) is 15.7. The fourth-order valence-corrected chi connectivity index (χ4v) is 2.82. The van der Waals surface area contributed by atoms with Crippen LogP contribution in [-0.2, 0) is 11.3 Å². The van der Waals surface area contributed by atoms with Gasteiger partial charge < -0.3 is 15.0 Å². The van der Waals surface area contributed by atoms with Gasteiger partial charge in [0.15, 0.2) is 11.6 Å². The van der Waals surface area contributed by atoms with Crippen LogP contribution in [0, 0.1) is 5.82 Å². The molecular formula is C18H18FN5O. The molecule has 0 saturated carbocycles. The number of hydrogen-bond acceptors (Lipinski definition) is 6. The predicted molar refractivity (Wildman–Crippen MR) is 94.1 cm³/mol. The van der Waals surface area contributed by atoms with E-state index < -0.39 is 0 Å². The number of nitrogens with zero attached hydrogens (tertiary/aromatic N) is 4. The first-order valence-electron chi connectivity index (χ1n) is 8.24. The van der Waals surface area contributed by atoms with Gasteiger partial charge in [-0.05, 0) is 24.3 Å². The molecule has 1 aromatic carbocycles. The van der Waals surface area contributed by atoms with Gasteiger partial charge in [-0.1, -0.05) is 12.1 Å². The lowest BCUT2D eigenvalue weighted by Gasteiger charge is -2.29.